The molecule has 3 aliphatic rings. The third-order valence-corrected chi connectivity index (χ3v) is 12.8. The average molecular weight is 805 g/mol. The van der Waals surface area contributed by atoms with E-state index in [2.05, 4.69) is 28.1 Å². The van der Waals surface area contributed by atoms with Crippen molar-refractivity contribution in [1.82, 2.24) is 20.9 Å². The van der Waals surface area contributed by atoms with Crippen LogP contribution in [0.5, 0.6) is 5.75 Å². The van der Waals surface area contributed by atoms with Gasteiger partial charge in [0.05, 0.1) is 39.6 Å². The topological polar surface area (TPSA) is 142 Å². The summed E-state index contributed by atoms with van der Waals surface area (Å²) in [5, 5.41) is 22.0. The molecule has 0 aromatic heterocycles. The van der Waals surface area contributed by atoms with Crippen LogP contribution in [0.2, 0.25) is 0 Å². The van der Waals surface area contributed by atoms with Crippen molar-refractivity contribution in [3.05, 3.63) is 65.7 Å². The van der Waals surface area contributed by atoms with Gasteiger partial charge in [0, 0.05) is 31.0 Å². The number of carbonyl (C=O) groups is 3. The molecule has 5 rings (SSSR count). The Balaban J connectivity index is 1.43. The van der Waals surface area contributed by atoms with Crippen molar-refractivity contribution in [2.75, 3.05) is 46.6 Å². The molecule has 322 valence electrons. The molecule has 0 spiro atoms. The van der Waals surface area contributed by atoms with Crippen LogP contribution in [0.3, 0.4) is 0 Å². The Labute approximate surface area is 347 Å². The second kappa shape index (κ2) is 23.3. The van der Waals surface area contributed by atoms with Gasteiger partial charge in [0.2, 0.25) is 17.7 Å². The standard InChI is InChI=1S/C47H72N4O7/c1-36(48-42(52)34-51-28-30-57-31-29-51)43(53)49-40(32-38-22-24-39(56-3)25-23-38)44(54)50-41(33-37-20-16-15-17-21-37)47(45(55)46(2)35-58-46)26-18-13-11-9-7-5-4-6-8-10-12-14-19-27-47/h15-17,20-25,36,40-41,45,55H,4-14,18-19,26-35H2,1-3H3,(H,48,52)(H,49,53)(H,50,54)/t36-,40-,41-,45?,46+/m0/s1. The number of hydrogen-bond acceptors (Lipinski definition) is 8. The molecule has 58 heavy (non-hydrogen) atoms. The number of rotatable bonds is 15. The normalized spacial score (nSPS) is 23.3. The highest BCUT2D eigenvalue weighted by atomic mass is 16.6. The number of epoxide rings is 1. The SMILES string of the molecule is COc1ccc(C[C@H](NC(=O)[C@H](C)NC(=O)CN2CCOCC2)C(=O)N[C@@H](Cc2ccccc2)C2(C(O)[C@@]3(C)CO3)CCCCCCCCCCCCCCC2)cc1. The fraction of sp³-hybridized carbons (Fsp3) is 0.681. The largest absolute Gasteiger partial charge is 0.497 e. The smallest absolute Gasteiger partial charge is 0.243 e. The van der Waals surface area contributed by atoms with E-state index in [0.29, 0.717) is 45.1 Å². The summed E-state index contributed by atoms with van der Waals surface area (Å²) in [6.07, 6.45) is 16.7. The number of aliphatic hydroxyl groups is 1. The number of carbonyl (C=O) groups excluding carboxylic acids is 3. The second-order valence-corrected chi connectivity index (χ2v) is 17.4. The summed E-state index contributed by atoms with van der Waals surface area (Å²) in [7, 11) is 1.61. The predicted octanol–water partition coefficient (Wildman–Crippen LogP) is 6.29. The lowest BCUT2D eigenvalue weighted by Gasteiger charge is -2.47. The Morgan fingerprint density at radius 3 is 1.81 bits per heavy atom. The van der Waals surface area contributed by atoms with Crippen molar-refractivity contribution < 1.29 is 33.7 Å². The number of nitrogens with one attached hydrogen (secondary N) is 3. The number of methoxy groups -OCH3 is 1. The summed E-state index contributed by atoms with van der Waals surface area (Å²) >= 11 is 0. The zero-order chi connectivity index (χ0) is 41.2. The number of hydrogen-bond donors (Lipinski definition) is 4. The van der Waals surface area contributed by atoms with Gasteiger partial charge in [-0.25, -0.2) is 0 Å². The fourth-order valence-corrected chi connectivity index (χ4v) is 9.01. The summed E-state index contributed by atoms with van der Waals surface area (Å²) < 4.78 is 16.8. The number of amides is 3. The summed E-state index contributed by atoms with van der Waals surface area (Å²) in [5.74, 6) is -0.324. The summed E-state index contributed by atoms with van der Waals surface area (Å²) in [5.41, 5.74) is 0.555. The van der Waals surface area contributed by atoms with Crippen molar-refractivity contribution in [2.45, 2.75) is 153 Å². The van der Waals surface area contributed by atoms with Crippen molar-refractivity contribution in [3.8, 4) is 5.75 Å². The maximum Gasteiger partial charge on any atom is 0.243 e. The van der Waals surface area contributed by atoms with Gasteiger partial charge in [0.25, 0.3) is 0 Å². The van der Waals surface area contributed by atoms with E-state index < -0.39 is 41.2 Å². The van der Waals surface area contributed by atoms with E-state index in [1.54, 1.807) is 14.0 Å². The van der Waals surface area contributed by atoms with Gasteiger partial charge in [0.1, 0.15) is 23.4 Å². The van der Waals surface area contributed by atoms with Crippen LogP contribution in [0.25, 0.3) is 0 Å². The summed E-state index contributed by atoms with van der Waals surface area (Å²) in [4.78, 5) is 43.8. The van der Waals surface area contributed by atoms with Crippen LogP contribution >= 0.6 is 0 Å². The van der Waals surface area contributed by atoms with Gasteiger partial charge in [-0.15, -0.1) is 0 Å². The second-order valence-electron chi connectivity index (χ2n) is 17.4. The highest BCUT2D eigenvalue weighted by Gasteiger charge is 2.58. The zero-order valence-corrected chi connectivity index (χ0v) is 35.6. The lowest BCUT2D eigenvalue weighted by atomic mass is 9.63. The van der Waals surface area contributed by atoms with Gasteiger partial charge in [-0.3, -0.25) is 19.3 Å². The Morgan fingerprint density at radius 1 is 0.741 bits per heavy atom. The molecule has 1 unspecified atom stereocenters. The maximum atomic E-state index is 14.9. The number of ether oxygens (including phenoxy) is 3. The highest BCUT2D eigenvalue weighted by molar-refractivity contribution is 5.92. The van der Waals surface area contributed by atoms with Crippen LogP contribution in [0.4, 0.5) is 0 Å². The lowest BCUT2D eigenvalue weighted by Crippen LogP contribution is -2.62. The van der Waals surface area contributed by atoms with E-state index in [4.69, 9.17) is 14.2 Å². The number of morpholine rings is 1. The maximum absolute atomic E-state index is 14.9. The van der Waals surface area contributed by atoms with Gasteiger partial charge in [0.15, 0.2) is 0 Å². The Morgan fingerprint density at radius 2 is 1.28 bits per heavy atom. The molecular formula is C47H72N4O7. The first-order valence-corrected chi connectivity index (χ1v) is 22.3. The first kappa shape index (κ1) is 45.6. The van der Waals surface area contributed by atoms with Crippen LogP contribution in [0.15, 0.2) is 54.6 Å². The molecule has 2 aromatic rings. The molecule has 4 N–H and O–H groups in total. The third kappa shape index (κ3) is 14.1. The van der Waals surface area contributed by atoms with Crippen LogP contribution in [-0.4, -0.2) is 104 Å². The van der Waals surface area contributed by atoms with E-state index in [1.807, 2.05) is 54.3 Å². The molecule has 2 heterocycles. The first-order valence-electron chi connectivity index (χ1n) is 22.3. The molecule has 1 saturated carbocycles. The Hall–Kier alpha value is -3.51. The van der Waals surface area contributed by atoms with Gasteiger partial charge < -0.3 is 35.3 Å². The minimum absolute atomic E-state index is 0.172. The summed E-state index contributed by atoms with van der Waals surface area (Å²) in [6, 6.07) is 15.4. The minimum atomic E-state index is -0.953. The van der Waals surface area contributed by atoms with Crippen molar-refractivity contribution in [1.29, 1.82) is 0 Å². The van der Waals surface area contributed by atoms with Crippen LogP contribution in [0.1, 0.15) is 121 Å². The lowest BCUT2D eigenvalue weighted by molar-refractivity contribution is -0.133. The Kier molecular flexibility index (Phi) is 18.3. The number of nitrogens with zero attached hydrogens (tertiary/aromatic N) is 1. The van der Waals surface area contributed by atoms with Crippen LogP contribution < -0.4 is 20.7 Å². The van der Waals surface area contributed by atoms with Crippen molar-refractivity contribution in [2.24, 2.45) is 5.41 Å². The van der Waals surface area contributed by atoms with E-state index in [9.17, 15) is 19.5 Å². The predicted molar refractivity (Wildman–Crippen MR) is 228 cm³/mol. The van der Waals surface area contributed by atoms with Crippen LogP contribution in [0, 0.1) is 5.41 Å². The molecule has 3 amide bonds. The van der Waals surface area contributed by atoms with Crippen LogP contribution in [-0.2, 0) is 36.7 Å². The fourth-order valence-electron chi connectivity index (χ4n) is 9.01. The minimum Gasteiger partial charge on any atom is -0.497 e. The van der Waals surface area contributed by atoms with Crippen molar-refractivity contribution >= 4 is 17.7 Å². The molecule has 0 bridgehead atoms. The van der Waals surface area contributed by atoms with E-state index in [-0.39, 0.29) is 24.8 Å². The average Bonchev–Trinajstić information content (AvgIpc) is 3.99. The summed E-state index contributed by atoms with van der Waals surface area (Å²) in [6.45, 7) is 6.75. The molecule has 2 saturated heterocycles. The highest BCUT2D eigenvalue weighted by Crippen LogP contribution is 2.48. The Bertz CT molecular complexity index is 1510. The number of benzene rings is 2. The first-order chi connectivity index (χ1) is 28.1. The van der Waals surface area contributed by atoms with Crippen molar-refractivity contribution in [3.63, 3.8) is 0 Å². The van der Waals surface area contributed by atoms with Gasteiger partial charge in [-0.2, -0.15) is 0 Å². The molecule has 1 aliphatic carbocycles. The molecule has 2 aromatic carbocycles. The molecule has 11 nitrogen and oxygen atoms in total. The monoisotopic (exact) mass is 805 g/mol. The van der Waals surface area contributed by atoms with E-state index in [1.165, 1.54) is 44.9 Å². The van der Waals surface area contributed by atoms with Gasteiger partial charge in [-0.05, 0) is 56.4 Å². The molecule has 11 heteroatoms. The number of aliphatic hydroxyl groups excluding tert-OH is 1. The third-order valence-electron chi connectivity index (χ3n) is 12.8. The molecular weight excluding hydrogens is 733 g/mol. The van der Waals surface area contributed by atoms with Gasteiger partial charge >= 0.3 is 0 Å². The van der Waals surface area contributed by atoms with Gasteiger partial charge in [-0.1, -0.05) is 126 Å². The molecule has 2 aliphatic heterocycles. The molecule has 0 radical (unpaired) electrons. The zero-order valence-electron chi connectivity index (χ0n) is 35.6. The molecule has 5 atom stereocenters. The quantitative estimate of drug-likeness (QED) is 0.154. The van der Waals surface area contributed by atoms with E-state index >= 15 is 0 Å². The van der Waals surface area contributed by atoms with E-state index in [0.717, 1.165) is 62.5 Å². The molecule has 3 fully saturated rings.